The highest BCUT2D eigenvalue weighted by Crippen LogP contribution is 2.26. The average Bonchev–Trinajstić information content (AvgIpc) is 2.61. The molecule has 0 saturated heterocycles. The Morgan fingerprint density at radius 1 is 1.26 bits per heavy atom. The molecule has 0 unspecified atom stereocenters. The Kier molecular flexibility index (Phi) is 8.27. The molecule has 27 heavy (non-hydrogen) atoms. The molecule has 0 spiro atoms. The molecule has 1 N–H and O–H groups in total. The van der Waals surface area contributed by atoms with Gasteiger partial charge in [0.05, 0.1) is 0 Å². The Labute approximate surface area is 173 Å². The second-order valence-electron chi connectivity index (χ2n) is 6.17. The molecule has 0 aliphatic rings. The van der Waals surface area contributed by atoms with Crippen LogP contribution in [0, 0.1) is 19.7 Å². The van der Waals surface area contributed by atoms with E-state index in [1.165, 1.54) is 17.8 Å². The van der Waals surface area contributed by atoms with E-state index in [-0.39, 0.29) is 11.7 Å². The zero-order chi connectivity index (χ0) is 20.0. The van der Waals surface area contributed by atoms with E-state index in [9.17, 15) is 9.18 Å². The van der Waals surface area contributed by atoms with Crippen LogP contribution in [0.1, 0.15) is 23.6 Å². The van der Waals surface area contributed by atoms with E-state index in [1.807, 2.05) is 26.0 Å². The molecule has 0 aliphatic carbocycles. The minimum atomic E-state index is -0.629. The lowest BCUT2D eigenvalue weighted by molar-refractivity contribution is -0.127. The predicted molar refractivity (Wildman–Crippen MR) is 112 cm³/mol. The molecule has 3 nitrogen and oxygen atoms in total. The van der Waals surface area contributed by atoms with Crippen molar-refractivity contribution in [3.63, 3.8) is 0 Å². The van der Waals surface area contributed by atoms with Gasteiger partial charge in [-0.25, -0.2) is 4.39 Å². The van der Waals surface area contributed by atoms with E-state index in [2.05, 4.69) is 5.32 Å². The highest BCUT2D eigenvalue weighted by molar-refractivity contribution is 7.98. The van der Waals surface area contributed by atoms with Crippen LogP contribution in [-0.2, 0) is 10.5 Å². The molecule has 0 radical (unpaired) electrons. The summed E-state index contributed by atoms with van der Waals surface area (Å²) in [5.41, 5.74) is 2.30. The zero-order valence-corrected chi connectivity index (χ0v) is 17.8. The first-order valence-corrected chi connectivity index (χ1v) is 10.4. The quantitative estimate of drug-likeness (QED) is 0.557. The molecule has 7 heteroatoms. The number of hydrogen-bond donors (Lipinski definition) is 1. The van der Waals surface area contributed by atoms with Crippen LogP contribution in [0.4, 0.5) is 4.39 Å². The Balaban J connectivity index is 1.75. The number of benzene rings is 2. The molecular formula is C20H22Cl2FNO2S. The minimum absolute atomic E-state index is 0.204. The van der Waals surface area contributed by atoms with Gasteiger partial charge >= 0.3 is 0 Å². The molecule has 0 aliphatic heterocycles. The van der Waals surface area contributed by atoms with E-state index in [1.54, 1.807) is 19.1 Å². The Bertz CT molecular complexity index is 773. The smallest absolute Gasteiger partial charge is 0.260 e. The molecule has 2 aromatic carbocycles. The van der Waals surface area contributed by atoms with Crippen molar-refractivity contribution in [1.29, 1.82) is 0 Å². The fourth-order valence-electron chi connectivity index (χ4n) is 2.47. The first-order chi connectivity index (χ1) is 12.8. The Hall–Kier alpha value is -1.43. The second kappa shape index (κ2) is 10.2. The lowest BCUT2D eigenvalue weighted by Crippen LogP contribution is -2.37. The molecule has 2 aromatic rings. The summed E-state index contributed by atoms with van der Waals surface area (Å²) in [6.45, 7) is 5.95. The first-order valence-electron chi connectivity index (χ1n) is 8.51. The van der Waals surface area contributed by atoms with Crippen LogP contribution in [0.2, 0.25) is 10.0 Å². The van der Waals surface area contributed by atoms with Gasteiger partial charge in [-0.15, -0.1) is 0 Å². The molecule has 2 rings (SSSR count). The lowest BCUT2D eigenvalue weighted by Gasteiger charge is -2.16. The summed E-state index contributed by atoms with van der Waals surface area (Å²) in [4.78, 5) is 12.2. The minimum Gasteiger partial charge on any atom is -0.481 e. The summed E-state index contributed by atoms with van der Waals surface area (Å²) in [5.74, 6) is 1.19. The maximum Gasteiger partial charge on any atom is 0.260 e. The standard InChI is InChI=1S/C20H22Cl2FNO2S/c1-12-9-15(10-13(2)19(12)22)26-14(3)20(25)24-7-8-27-11-16-17(21)5-4-6-18(16)23/h4-6,9-10,14H,7-8,11H2,1-3H3,(H,24,25)/t14-/m0/s1. The molecule has 0 bridgehead atoms. The molecule has 146 valence electrons. The average molecular weight is 430 g/mol. The normalized spacial score (nSPS) is 11.9. The van der Waals surface area contributed by atoms with E-state index in [0.29, 0.717) is 39.4 Å². The van der Waals surface area contributed by atoms with Gasteiger partial charge in [-0.05, 0) is 56.2 Å². The van der Waals surface area contributed by atoms with Gasteiger partial charge in [-0.3, -0.25) is 4.79 Å². The number of halogens is 3. The second-order valence-corrected chi connectivity index (χ2v) is 8.07. The van der Waals surface area contributed by atoms with Crippen molar-refractivity contribution in [2.45, 2.75) is 32.6 Å². The third-order valence-corrected chi connectivity index (χ3v) is 5.88. The fourth-order valence-corrected chi connectivity index (χ4v) is 3.77. The summed E-state index contributed by atoms with van der Waals surface area (Å²) in [5, 5.41) is 3.94. The van der Waals surface area contributed by atoms with Crippen LogP contribution in [0.5, 0.6) is 5.75 Å². The number of carbonyl (C=O) groups is 1. The van der Waals surface area contributed by atoms with Crippen LogP contribution in [0.25, 0.3) is 0 Å². The van der Waals surface area contributed by atoms with Crippen LogP contribution in [-0.4, -0.2) is 24.3 Å². The van der Waals surface area contributed by atoms with E-state index in [4.69, 9.17) is 27.9 Å². The SMILES string of the molecule is Cc1cc(O[C@@H](C)C(=O)NCCSCc2c(F)cccc2Cl)cc(C)c1Cl. The number of amides is 1. The van der Waals surface area contributed by atoms with Crippen molar-refractivity contribution in [2.75, 3.05) is 12.3 Å². The molecular weight excluding hydrogens is 408 g/mol. The number of rotatable bonds is 8. The van der Waals surface area contributed by atoms with E-state index in [0.717, 1.165) is 11.1 Å². The van der Waals surface area contributed by atoms with Gasteiger partial charge in [0.25, 0.3) is 5.91 Å². The maximum absolute atomic E-state index is 13.7. The van der Waals surface area contributed by atoms with Crippen molar-refractivity contribution in [3.8, 4) is 5.75 Å². The number of nitrogens with one attached hydrogen (secondary N) is 1. The summed E-state index contributed by atoms with van der Waals surface area (Å²) in [6, 6.07) is 8.27. The lowest BCUT2D eigenvalue weighted by atomic mass is 10.1. The third kappa shape index (κ3) is 6.30. The zero-order valence-electron chi connectivity index (χ0n) is 15.4. The molecule has 1 atom stereocenters. The summed E-state index contributed by atoms with van der Waals surface area (Å²) in [7, 11) is 0. The van der Waals surface area contributed by atoms with Gasteiger partial charge in [0.15, 0.2) is 6.10 Å². The fraction of sp³-hybridized carbons (Fsp3) is 0.350. The van der Waals surface area contributed by atoms with Crippen LogP contribution in [0.3, 0.4) is 0 Å². The molecule has 1 amide bonds. The highest BCUT2D eigenvalue weighted by Gasteiger charge is 2.15. The van der Waals surface area contributed by atoms with Gasteiger partial charge in [0.2, 0.25) is 0 Å². The largest absolute Gasteiger partial charge is 0.481 e. The Morgan fingerprint density at radius 2 is 1.93 bits per heavy atom. The maximum atomic E-state index is 13.7. The number of hydrogen-bond acceptors (Lipinski definition) is 3. The molecule has 0 fully saturated rings. The third-order valence-electron chi connectivity index (χ3n) is 3.95. The highest BCUT2D eigenvalue weighted by atomic mass is 35.5. The summed E-state index contributed by atoms with van der Waals surface area (Å²) in [6.07, 6.45) is -0.629. The predicted octanol–water partition coefficient (Wildman–Crippen LogP) is 5.57. The number of thioether (sulfide) groups is 1. The van der Waals surface area contributed by atoms with Gasteiger partial charge in [-0.2, -0.15) is 11.8 Å². The molecule has 0 heterocycles. The summed E-state index contributed by atoms with van der Waals surface area (Å²) >= 11 is 13.6. The van der Waals surface area contributed by atoms with Gasteiger partial charge in [0.1, 0.15) is 11.6 Å². The summed E-state index contributed by atoms with van der Waals surface area (Å²) < 4.78 is 19.4. The van der Waals surface area contributed by atoms with Gasteiger partial charge < -0.3 is 10.1 Å². The van der Waals surface area contributed by atoms with Crippen LogP contribution < -0.4 is 10.1 Å². The molecule has 0 saturated carbocycles. The van der Waals surface area contributed by atoms with Crippen molar-refractivity contribution in [3.05, 3.63) is 62.9 Å². The van der Waals surface area contributed by atoms with E-state index < -0.39 is 6.10 Å². The van der Waals surface area contributed by atoms with Crippen LogP contribution in [0.15, 0.2) is 30.3 Å². The van der Waals surface area contributed by atoms with Crippen molar-refractivity contribution < 1.29 is 13.9 Å². The van der Waals surface area contributed by atoms with E-state index >= 15 is 0 Å². The Morgan fingerprint density at radius 3 is 2.56 bits per heavy atom. The monoisotopic (exact) mass is 429 g/mol. The number of aryl methyl sites for hydroxylation is 2. The van der Waals surface area contributed by atoms with Crippen molar-refractivity contribution in [2.24, 2.45) is 0 Å². The topological polar surface area (TPSA) is 38.3 Å². The number of ether oxygens (including phenoxy) is 1. The number of carbonyl (C=O) groups excluding carboxylic acids is 1. The van der Waals surface area contributed by atoms with Crippen molar-refractivity contribution in [1.82, 2.24) is 5.32 Å². The van der Waals surface area contributed by atoms with Gasteiger partial charge in [0, 0.05) is 33.7 Å². The van der Waals surface area contributed by atoms with Crippen LogP contribution >= 0.6 is 35.0 Å². The molecule has 0 aromatic heterocycles. The first kappa shape index (κ1) is 21.9. The van der Waals surface area contributed by atoms with Gasteiger partial charge in [-0.1, -0.05) is 29.3 Å². The van der Waals surface area contributed by atoms with Crippen molar-refractivity contribution >= 4 is 40.9 Å².